The quantitative estimate of drug-likeness (QED) is 0.875. The van der Waals surface area contributed by atoms with Crippen molar-refractivity contribution in [2.45, 2.75) is 44.6 Å². The maximum Gasteiger partial charge on any atom is 0.0333 e. The minimum absolute atomic E-state index is 0.359. The number of likely N-dealkylation sites (N-methyl/N-ethyl adjacent to an activating group) is 2. The van der Waals surface area contributed by atoms with Crippen LogP contribution in [-0.2, 0) is 6.42 Å². The number of likely N-dealkylation sites (tertiary alicyclic amines) is 1. The summed E-state index contributed by atoms with van der Waals surface area (Å²) in [6.07, 6.45) is 6.50. The Morgan fingerprint density at radius 2 is 1.95 bits per heavy atom. The summed E-state index contributed by atoms with van der Waals surface area (Å²) in [5.41, 5.74) is 3.18. The van der Waals surface area contributed by atoms with Crippen molar-refractivity contribution in [3.05, 3.63) is 35.4 Å². The smallest absolute Gasteiger partial charge is 0.0333 e. The van der Waals surface area contributed by atoms with Gasteiger partial charge in [-0.25, -0.2) is 0 Å². The number of nitrogens with one attached hydrogen (secondary N) is 1. The third-order valence-corrected chi connectivity index (χ3v) is 4.70. The molecule has 1 heterocycles. The molecule has 1 aromatic carbocycles. The number of benzene rings is 1. The fourth-order valence-corrected chi connectivity index (χ4v) is 3.32. The van der Waals surface area contributed by atoms with Gasteiger partial charge in [-0.15, -0.1) is 0 Å². The number of piperidine rings is 1. The molecule has 0 amide bonds. The van der Waals surface area contributed by atoms with E-state index in [2.05, 4.69) is 55.5 Å². The van der Waals surface area contributed by atoms with E-state index in [0.717, 1.165) is 6.54 Å². The fraction of sp³-hybridized carbons (Fsp3) is 0.647. The van der Waals surface area contributed by atoms with E-state index in [9.17, 15) is 0 Å². The highest BCUT2D eigenvalue weighted by Gasteiger charge is 2.35. The molecule has 1 atom stereocenters. The second-order valence-corrected chi connectivity index (χ2v) is 6.12. The molecule has 0 saturated carbocycles. The predicted molar refractivity (Wildman–Crippen MR) is 82.6 cm³/mol. The largest absolute Gasteiger partial charge is 0.318 e. The molecule has 0 aromatic heterocycles. The van der Waals surface area contributed by atoms with E-state index in [4.69, 9.17) is 0 Å². The van der Waals surface area contributed by atoms with Gasteiger partial charge in [-0.1, -0.05) is 36.2 Å². The first-order valence-corrected chi connectivity index (χ1v) is 7.58. The molecule has 106 valence electrons. The van der Waals surface area contributed by atoms with Gasteiger partial charge in [0.1, 0.15) is 0 Å². The Bertz CT molecular complexity index is 381. The van der Waals surface area contributed by atoms with E-state index in [1.165, 1.54) is 49.8 Å². The second kappa shape index (κ2) is 6.53. The topological polar surface area (TPSA) is 15.3 Å². The van der Waals surface area contributed by atoms with Crippen molar-refractivity contribution in [3.63, 3.8) is 0 Å². The molecule has 1 saturated heterocycles. The summed E-state index contributed by atoms with van der Waals surface area (Å²) in [6.45, 7) is 4.51. The lowest BCUT2D eigenvalue weighted by molar-refractivity contribution is 0.0657. The van der Waals surface area contributed by atoms with Gasteiger partial charge in [0.05, 0.1) is 0 Å². The van der Waals surface area contributed by atoms with Crippen LogP contribution in [0.5, 0.6) is 0 Å². The summed E-state index contributed by atoms with van der Waals surface area (Å²) < 4.78 is 0. The summed E-state index contributed by atoms with van der Waals surface area (Å²) in [5.74, 6) is 0. The van der Waals surface area contributed by atoms with Crippen LogP contribution in [0.1, 0.15) is 36.8 Å². The number of rotatable bonds is 5. The highest BCUT2D eigenvalue weighted by atomic mass is 15.2. The second-order valence-electron chi connectivity index (χ2n) is 6.12. The fourth-order valence-electron chi connectivity index (χ4n) is 3.32. The Balaban J connectivity index is 2.02. The van der Waals surface area contributed by atoms with Crippen LogP contribution in [0.2, 0.25) is 0 Å². The van der Waals surface area contributed by atoms with Crippen LogP contribution in [-0.4, -0.2) is 37.6 Å². The van der Waals surface area contributed by atoms with Gasteiger partial charge in [-0.05, 0) is 58.8 Å². The van der Waals surface area contributed by atoms with E-state index >= 15 is 0 Å². The van der Waals surface area contributed by atoms with Crippen LogP contribution >= 0.6 is 0 Å². The van der Waals surface area contributed by atoms with Crippen LogP contribution in [0.3, 0.4) is 0 Å². The van der Waals surface area contributed by atoms with Gasteiger partial charge in [-0.2, -0.15) is 0 Å². The minimum atomic E-state index is 0.359. The Labute approximate surface area is 118 Å². The predicted octanol–water partition coefficient (Wildman–Crippen LogP) is 3.00. The van der Waals surface area contributed by atoms with Crippen LogP contribution < -0.4 is 5.32 Å². The molecular formula is C17H28N2. The van der Waals surface area contributed by atoms with E-state index in [1.807, 2.05) is 0 Å². The van der Waals surface area contributed by atoms with Crippen molar-refractivity contribution >= 4 is 0 Å². The van der Waals surface area contributed by atoms with Crippen molar-refractivity contribution in [1.29, 1.82) is 0 Å². The van der Waals surface area contributed by atoms with Crippen molar-refractivity contribution in [3.8, 4) is 0 Å². The standard InChI is InChI=1S/C17H28N2/c1-15-6-8-16(9-7-15)10-12-17(14-18-2)11-4-5-13-19(17)3/h6-9,18H,4-5,10-14H2,1-3H3. The lowest BCUT2D eigenvalue weighted by atomic mass is 9.82. The summed E-state index contributed by atoms with van der Waals surface area (Å²) in [6, 6.07) is 9.02. The molecule has 0 aliphatic carbocycles. The average molecular weight is 260 g/mol. The minimum Gasteiger partial charge on any atom is -0.318 e. The van der Waals surface area contributed by atoms with Crippen LogP contribution in [0, 0.1) is 6.92 Å². The first-order valence-electron chi connectivity index (χ1n) is 7.58. The normalized spacial score (nSPS) is 24.6. The molecule has 1 aliphatic rings. The first kappa shape index (κ1) is 14.5. The first-order chi connectivity index (χ1) is 9.16. The summed E-state index contributed by atoms with van der Waals surface area (Å²) in [4.78, 5) is 2.58. The van der Waals surface area contributed by atoms with Crippen molar-refractivity contribution in [1.82, 2.24) is 10.2 Å². The maximum absolute atomic E-state index is 3.41. The molecular weight excluding hydrogens is 232 g/mol. The number of hydrogen-bond donors (Lipinski definition) is 1. The van der Waals surface area contributed by atoms with E-state index in [0.29, 0.717) is 5.54 Å². The van der Waals surface area contributed by atoms with Crippen LogP contribution in [0.25, 0.3) is 0 Å². The van der Waals surface area contributed by atoms with Crippen molar-refractivity contribution < 1.29 is 0 Å². The van der Waals surface area contributed by atoms with E-state index in [-0.39, 0.29) is 0 Å². The third-order valence-electron chi connectivity index (χ3n) is 4.70. The lowest BCUT2D eigenvalue weighted by Crippen LogP contribution is -2.55. The van der Waals surface area contributed by atoms with Gasteiger partial charge in [-0.3, -0.25) is 4.90 Å². The van der Waals surface area contributed by atoms with Crippen molar-refractivity contribution in [2.24, 2.45) is 0 Å². The summed E-state index contributed by atoms with van der Waals surface area (Å²) >= 11 is 0. The molecule has 1 aromatic rings. The highest BCUT2D eigenvalue weighted by Crippen LogP contribution is 2.30. The molecule has 0 spiro atoms. The molecule has 19 heavy (non-hydrogen) atoms. The monoisotopic (exact) mass is 260 g/mol. The Hall–Kier alpha value is -0.860. The zero-order valence-corrected chi connectivity index (χ0v) is 12.7. The van der Waals surface area contributed by atoms with Crippen LogP contribution in [0.4, 0.5) is 0 Å². The molecule has 1 N–H and O–H groups in total. The number of hydrogen-bond acceptors (Lipinski definition) is 2. The Morgan fingerprint density at radius 3 is 2.58 bits per heavy atom. The molecule has 1 aliphatic heterocycles. The number of aryl methyl sites for hydroxylation is 2. The summed E-state index contributed by atoms with van der Waals surface area (Å²) in [7, 11) is 4.38. The number of nitrogens with zero attached hydrogens (tertiary/aromatic N) is 1. The molecule has 0 bridgehead atoms. The molecule has 2 nitrogen and oxygen atoms in total. The van der Waals surface area contributed by atoms with Gasteiger partial charge < -0.3 is 5.32 Å². The molecule has 2 rings (SSSR count). The van der Waals surface area contributed by atoms with E-state index in [1.54, 1.807) is 0 Å². The molecule has 1 unspecified atom stereocenters. The zero-order chi connectivity index (χ0) is 13.7. The highest BCUT2D eigenvalue weighted by molar-refractivity contribution is 5.21. The Morgan fingerprint density at radius 1 is 1.21 bits per heavy atom. The van der Waals surface area contributed by atoms with Gasteiger partial charge in [0.15, 0.2) is 0 Å². The van der Waals surface area contributed by atoms with Gasteiger partial charge in [0, 0.05) is 12.1 Å². The lowest BCUT2D eigenvalue weighted by Gasteiger charge is -2.46. The van der Waals surface area contributed by atoms with Crippen LogP contribution in [0.15, 0.2) is 24.3 Å². The maximum atomic E-state index is 3.41. The van der Waals surface area contributed by atoms with E-state index < -0.39 is 0 Å². The molecule has 2 heteroatoms. The Kier molecular flexibility index (Phi) is 5.00. The average Bonchev–Trinajstić information content (AvgIpc) is 2.42. The van der Waals surface area contributed by atoms with Gasteiger partial charge in [0.25, 0.3) is 0 Å². The van der Waals surface area contributed by atoms with Gasteiger partial charge in [0.2, 0.25) is 0 Å². The van der Waals surface area contributed by atoms with Gasteiger partial charge >= 0.3 is 0 Å². The van der Waals surface area contributed by atoms with Crippen molar-refractivity contribution in [2.75, 3.05) is 27.2 Å². The third kappa shape index (κ3) is 3.58. The molecule has 0 radical (unpaired) electrons. The summed E-state index contributed by atoms with van der Waals surface area (Å²) in [5, 5.41) is 3.41. The zero-order valence-electron chi connectivity index (χ0n) is 12.7. The molecule has 1 fully saturated rings. The SMILES string of the molecule is CNCC1(CCc2ccc(C)cc2)CCCCN1C.